The van der Waals surface area contributed by atoms with E-state index < -0.39 is 5.82 Å². The Bertz CT molecular complexity index is 242. The molecule has 0 amide bonds. The smallest absolute Gasteiger partial charge is 0.164 e. The second-order valence-corrected chi connectivity index (χ2v) is 2.16. The fourth-order valence-corrected chi connectivity index (χ4v) is 0.768. The number of halogens is 3. The zero-order valence-corrected chi connectivity index (χ0v) is 7.12. The van der Waals surface area contributed by atoms with Gasteiger partial charge in [0.2, 0.25) is 0 Å². The molecule has 1 aromatic heterocycles. The quantitative estimate of drug-likeness (QED) is 0.744. The predicted octanol–water partition coefficient (Wildman–Crippen LogP) is 1.75. The number of hydrogen-bond acceptors (Lipinski definition) is 2. The van der Waals surface area contributed by atoms with Crippen molar-refractivity contribution in [1.82, 2.24) is 4.98 Å². The highest BCUT2D eigenvalue weighted by Gasteiger charge is 2.04. The van der Waals surface area contributed by atoms with Crippen molar-refractivity contribution in [3.8, 4) is 0 Å². The standard InChI is InChI=1S/C6H6ClFN2.ClH/c7-4-1-2-10-5(3-9)6(4)8;/h1-2H,3,9H2;1H. The van der Waals surface area contributed by atoms with E-state index in [1.807, 2.05) is 0 Å². The molecular formula is C6H7Cl2FN2. The molecule has 0 aliphatic carbocycles. The third kappa shape index (κ3) is 2.29. The maximum Gasteiger partial charge on any atom is 0.164 e. The van der Waals surface area contributed by atoms with Crippen LogP contribution in [0.4, 0.5) is 4.39 Å². The van der Waals surface area contributed by atoms with Gasteiger partial charge in [-0.15, -0.1) is 12.4 Å². The average molecular weight is 197 g/mol. The summed E-state index contributed by atoms with van der Waals surface area (Å²) in [7, 11) is 0. The molecule has 0 aliphatic rings. The zero-order valence-electron chi connectivity index (χ0n) is 5.55. The van der Waals surface area contributed by atoms with E-state index in [4.69, 9.17) is 17.3 Å². The summed E-state index contributed by atoms with van der Waals surface area (Å²) in [5.41, 5.74) is 5.36. The average Bonchev–Trinajstić information content (AvgIpc) is 1.95. The normalized spacial score (nSPS) is 9.00. The molecule has 11 heavy (non-hydrogen) atoms. The molecule has 2 N–H and O–H groups in total. The van der Waals surface area contributed by atoms with Crippen LogP contribution < -0.4 is 5.73 Å². The Balaban J connectivity index is 0.000001000. The fraction of sp³-hybridized carbons (Fsp3) is 0.167. The molecule has 0 spiro atoms. The first-order chi connectivity index (χ1) is 4.75. The molecule has 1 heterocycles. The number of pyridine rings is 1. The Morgan fingerprint density at radius 2 is 2.27 bits per heavy atom. The topological polar surface area (TPSA) is 38.9 Å². The zero-order chi connectivity index (χ0) is 7.56. The van der Waals surface area contributed by atoms with E-state index >= 15 is 0 Å². The van der Waals surface area contributed by atoms with Gasteiger partial charge in [0.05, 0.1) is 10.7 Å². The summed E-state index contributed by atoms with van der Waals surface area (Å²) in [6, 6.07) is 1.38. The van der Waals surface area contributed by atoms with Gasteiger partial charge < -0.3 is 5.73 Å². The van der Waals surface area contributed by atoms with Crippen LogP contribution in [0.5, 0.6) is 0 Å². The molecule has 0 radical (unpaired) electrons. The van der Waals surface area contributed by atoms with Crippen LogP contribution in [0, 0.1) is 5.82 Å². The van der Waals surface area contributed by atoms with E-state index in [1.54, 1.807) is 0 Å². The van der Waals surface area contributed by atoms with Gasteiger partial charge in [0.25, 0.3) is 0 Å². The van der Waals surface area contributed by atoms with E-state index in [2.05, 4.69) is 4.98 Å². The first-order valence-electron chi connectivity index (χ1n) is 2.74. The molecule has 62 valence electrons. The molecular weight excluding hydrogens is 190 g/mol. The first kappa shape index (κ1) is 10.6. The summed E-state index contributed by atoms with van der Waals surface area (Å²) in [6.07, 6.45) is 1.42. The lowest BCUT2D eigenvalue weighted by molar-refractivity contribution is 0.600. The van der Waals surface area contributed by atoms with Crippen molar-refractivity contribution in [2.45, 2.75) is 6.54 Å². The van der Waals surface area contributed by atoms with Crippen LogP contribution in [0.2, 0.25) is 5.02 Å². The van der Waals surface area contributed by atoms with Gasteiger partial charge in [0.15, 0.2) is 5.82 Å². The maximum atomic E-state index is 12.7. The van der Waals surface area contributed by atoms with Crippen molar-refractivity contribution in [3.05, 3.63) is 28.8 Å². The van der Waals surface area contributed by atoms with Crippen molar-refractivity contribution in [1.29, 1.82) is 0 Å². The fourth-order valence-electron chi connectivity index (χ4n) is 0.603. The van der Waals surface area contributed by atoms with E-state index in [9.17, 15) is 4.39 Å². The van der Waals surface area contributed by atoms with Gasteiger partial charge in [0.1, 0.15) is 0 Å². The Labute approximate surface area is 75.0 Å². The largest absolute Gasteiger partial charge is 0.325 e. The minimum Gasteiger partial charge on any atom is -0.325 e. The Kier molecular flexibility index (Phi) is 4.33. The highest BCUT2D eigenvalue weighted by atomic mass is 35.5. The second-order valence-electron chi connectivity index (χ2n) is 1.76. The Morgan fingerprint density at radius 3 is 2.73 bits per heavy atom. The molecule has 0 atom stereocenters. The van der Waals surface area contributed by atoms with Gasteiger partial charge in [-0.25, -0.2) is 4.39 Å². The van der Waals surface area contributed by atoms with Crippen LogP contribution >= 0.6 is 24.0 Å². The molecule has 0 saturated carbocycles. The van der Waals surface area contributed by atoms with Gasteiger partial charge in [-0.2, -0.15) is 0 Å². The monoisotopic (exact) mass is 196 g/mol. The van der Waals surface area contributed by atoms with Crippen LogP contribution in [-0.2, 0) is 6.54 Å². The van der Waals surface area contributed by atoms with E-state index in [1.165, 1.54) is 12.3 Å². The lowest BCUT2D eigenvalue weighted by Gasteiger charge is -1.97. The molecule has 0 unspecified atom stereocenters. The van der Waals surface area contributed by atoms with Crippen LogP contribution in [0.25, 0.3) is 0 Å². The SMILES string of the molecule is Cl.NCc1nccc(Cl)c1F. The lowest BCUT2D eigenvalue weighted by Crippen LogP contribution is -2.02. The van der Waals surface area contributed by atoms with Gasteiger partial charge >= 0.3 is 0 Å². The molecule has 1 rings (SSSR count). The summed E-state index contributed by atoms with van der Waals surface area (Å²) < 4.78 is 12.7. The molecule has 0 fully saturated rings. The van der Waals surface area contributed by atoms with E-state index in [0.717, 1.165) is 0 Å². The predicted molar refractivity (Wildman–Crippen MR) is 44.3 cm³/mol. The third-order valence-corrected chi connectivity index (χ3v) is 1.40. The molecule has 5 heteroatoms. The van der Waals surface area contributed by atoms with Crippen molar-refractivity contribution in [3.63, 3.8) is 0 Å². The van der Waals surface area contributed by atoms with E-state index in [-0.39, 0.29) is 29.7 Å². The second kappa shape index (κ2) is 4.49. The van der Waals surface area contributed by atoms with E-state index in [0.29, 0.717) is 0 Å². The van der Waals surface area contributed by atoms with Gasteiger partial charge in [-0.3, -0.25) is 4.98 Å². The number of nitrogens with zero attached hydrogens (tertiary/aromatic N) is 1. The lowest BCUT2D eigenvalue weighted by atomic mass is 10.3. The van der Waals surface area contributed by atoms with Crippen molar-refractivity contribution in [2.24, 2.45) is 5.73 Å². The van der Waals surface area contributed by atoms with Crippen LogP contribution in [0.3, 0.4) is 0 Å². The third-order valence-electron chi connectivity index (χ3n) is 1.11. The van der Waals surface area contributed by atoms with Crippen molar-refractivity contribution >= 4 is 24.0 Å². The highest BCUT2D eigenvalue weighted by Crippen LogP contribution is 2.14. The summed E-state index contributed by atoms with van der Waals surface area (Å²) in [5, 5.41) is 0.0652. The summed E-state index contributed by atoms with van der Waals surface area (Å²) in [4.78, 5) is 3.67. The molecule has 0 saturated heterocycles. The molecule has 2 nitrogen and oxygen atoms in total. The number of rotatable bonds is 1. The number of aromatic nitrogens is 1. The molecule has 1 aromatic rings. The number of nitrogens with two attached hydrogens (primary N) is 1. The number of hydrogen-bond donors (Lipinski definition) is 1. The molecule has 0 bridgehead atoms. The van der Waals surface area contributed by atoms with Gasteiger partial charge in [-0.05, 0) is 6.07 Å². The minimum absolute atomic E-state index is 0. The summed E-state index contributed by atoms with van der Waals surface area (Å²) >= 11 is 5.42. The van der Waals surface area contributed by atoms with Crippen LogP contribution in [0.1, 0.15) is 5.69 Å². The Morgan fingerprint density at radius 1 is 1.64 bits per heavy atom. The Hall–Kier alpha value is -0.380. The highest BCUT2D eigenvalue weighted by molar-refractivity contribution is 6.30. The molecule has 0 aromatic carbocycles. The first-order valence-corrected chi connectivity index (χ1v) is 3.12. The minimum atomic E-state index is -0.522. The molecule has 0 aliphatic heterocycles. The summed E-state index contributed by atoms with van der Waals surface area (Å²) in [6.45, 7) is 0.0758. The van der Waals surface area contributed by atoms with Crippen LogP contribution in [-0.4, -0.2) is 4.98 Å². The maximum absolute atomic E-state index is 12.7. The van der Waals surface area contributed by atoms with Gasteiger partial charge in [-0.1, -0.05) is 11.6 Å². The van der Waals surface area contributed by atoms with Crippen molar-refractivity contribution < 1.29 is 4.39 Å². The summed E-state index contributed by atoms with van der Waals surface area (Å²) in [5.74, 6) is -0.522. The van der Waals surface area contributed by atoms with Crippen molar-refractivity contribution in [2.75, 3.05) is 0 Å². The van der Waals surface area contributed by atoms with Crippen LogP contribution in [0.15, 0.2) is 12.3 Å². The van der Waals surface area contributed by atoms with Gasteiger partial charge in [0, 0.05) is 12.7 Å².